The van der Waals surface area contributed by atoms with Gasteiger partial charge in [0.1, 0.15) is 11.3 Å². The molecular weight excluding hydrogens is 398 g/mol. The standard InChI is InChI=1S/C19H15N3O6S/c1-28-11-3-5-12(6-4-11)29(26,27)22-10-2-7-15-13(8-10)16-14(19(24)25)9-20-17(16)18(23)21-15/h2-9,20,22H,1H3,(H,21,23)(H,24,25). The molecule has 0 aliphatic rings. The van der Waals surface area contributed by atoms with E-state index in [0.29, 0.717) is 16.7 Å². The van der Waals surface area contributed by atoms with E-state index in [9.17, 15) is 23.1 Å². The van der Waals surface area contributed by atoms with Gasteiger partial charge in [-0.25, -0.2) is 13.2 Å². The molecule has 0 atom stereocenters. The normalized spacial score (nSPS) is 11.6. The summed E-state index contributed by atoms with van der Waals surface area (Å²) < 4.78 is 32.8. The monoisotopic (exact) mass is 413 g/mol. The maximum Gasteiger partial charge on any atom is 0.337 e. The van der Waals surface area contributed by atoms with Gasteiger partial charge < -0.3 is 19.8 Å². The first-order valence-electron chi connectivity index (χ1n) is 8.37. The number of pyridine rings is 1. The molecule has 0 saturated carbocycles. The van der Waals surface area contributed by atoms with Gasteiger partial charge in [0.05, 0.1) is 17.6 Å². The van der Waals surface area contributed by atoms with Crippen LogP contribution in [0.3, 0.4) is 0 Å². The number of aromatic nitrogens is 2. The van der Waals surface area contributed by atoms with Crippen LogP contribution in [0.15, 0.2) is 58.4 Å². The van der Waals surface area contributed by atoms with Crippen LogP contribution in [0.1, 0.15) is 10.4 Å². The number of fused-ring (bicyclic) bond motifs is 3. The Balaban J connectivity index is 1.83. The molecule has 0 radical (unpaired) electrons. The SMILES string of the molecule is COc1ccc(S(=O)(=O)Nc2ccc3[nH]c(=O)c4[nH]cc(C(=O)O)c4c3c2)cc1. The number of aromatic amines is 2. The molecule has 0 spiro atoms. The Morgan fingerprint density at radius 3 is 2.52 bits per heavy atom. The predicted molar refractivity (Wildman–Crippen MR) is 107 cm³/mol. The summed E-state index contributed by atoms with van der Waals surface area (Å²) in [7, 11) is -2.40. The minimum Gasteiger partial charge on any atom is -0.497 e. The first-order chi connectivity index (χ1) is 13.8. The molecule has 0 fully saturated rings. The zero-order valence-electron chi connectivity index (χ0n) is 15.0. The van der Waals surface area contributed by atoms with Gasteiger partial charge in [0.2, 0.25) is 0 Å². The maximum atomic E-state index is 12.7. The summed E-state index contributed by atoms with van der Waals surface area (Å²) in [6.07, 6.45) is 1.23. The van der Waals surface area contributed by atoms with E-state index < -0.39 is 21.6 Å². The van der Waals surface area contributed by atoms with E-state index in [4.69, 9.17) is 4.74 Å². The Bertz CT molecular complexity index is 1420. The molecule has 2 heterocycles. The van der Waals surface area contributed by atoms with Gasteiger partial charge in [-0.05, 0) is 42.5 Å². The second kappa shape index (κ2) is 6.67. The Morgan fingerprint density at radius 1 is 1.14 bits per heavy atom. The molecule has 4 N–H and O–H groups in total. The smallest absolute Gasteiger partial charge is 0.337 e. The average molecular weight is 413 g/mol. The van der Waals surface area contributed by atoms with Crippen LogP contribution in [0.4, 0.5) is 5.69 Å². The summed E-state index contributed by atoms with van der Waals surface area (Å²) in [5, 5.41) is 10.0. The quantitative estimate of drug-likeness (QED) is 0.396. The number of methoxy groups -OCH3 is 1. The molecule has 29 heavy (non-hydrogen) atoms. The number of benzene rings is 2. The van der Waals surface area contributed by atoms with E-state index in [0.717, 1.165) is 0 Å². The molecule has 10 heteroatoms. The molecule has 9 nitrogen and oxygen atoms in total. The van der Waals surface area contributed by atoms with Crippen molar-refractivity contribution in [3.63, 3.8) is 0 Å². The number of ether oxygens (including phenoxy) is 1. The van der Waals surface area contributed by atoms with Crippen LogP contribution in [0.5, 0.6) is 5.75 Å². The first kappa shape index (κ1) is 18.6. The largest absolute Gasteiger partial charge is 0.497 e. The predicted octanol–water partition coefficient (Wildman–Crippen LogP) is 2.52. The fourth-order valence-corrected chi connectivity index (χ4v) is 4.18. The lowest BCUT2D eigenvalue weighted by molar-refractivity contribution is 0.0699. The fraction of sp³-hybridized carbons (Fsp3) is 0.0526. The van der Waals surface area contributed by atoms with Crippen LogP contribution in [-0.4, -0.2) is 36.6 Å². The number of anilines is 1. The summed E-state index contributed by atoms with van der Waals surface area (Å²) in [6, 6.07) is 10.4. The van der Waals surface area contributed by atoms with E-state index >= 15 is 0 Å². The van der Waals surface area contributed by atoms with E-state index in [1.165, 1.54) is 55.8 Å². The van der Waals surface area contributed by atoms with E-state index in [1.54, 1.807) is 0 Å². The second-order valence-corrected chi connectivity index (χ2v) is 7.94. The van der Waals surface area contributed by atoms with E-state index in [2.05, 4.69) is 14.7 Å². The molecule has 4 aromatic rings. The fourth-order valence-electron chi connectivity index (χ4n) is 3.13. The Labute approximate surface area is 164 Å². The van der Waals surface area contributed by atoms with Crippen molar-refractivity contribution in [1.82, 2.24) is 9.97 Å². The third kappa shape index (κ3) is 3.19. The van der Waals surface area contributed by atoms with Crippen molar-refractivity contribution < 1.29 is 23.1 Å². The highest BCUT2D eigenvalue weighted by molar-refractivity contribution is 7.92. The summed E-state index contributed by atoms with van der Waals surface area (Å²) in [5.41, 5.74) is 0.166. The molecule has 0 saturated heterocycles. The third-order valence-corrected chi connectivity index (χ3v) is 5.89. The first-order valence-corrected chi connectivity index (χ1v) is 9.86. The van der Waals surface area contributed by atoms with Gasteiger partial charge in [-0.2, -0.15) is 0 Å². The highest BCUT2D eigenvalue weighted by Gasteiger charge is 2.18. The van der Waals surface area contributed by atoms with Crippen molar-refractivity contribution in [2.24, 2.45) is 0 Å². The van der Waals surface area contributed by atoms with Crippen molar-refractivity contribution in [2.45, 2.75) is 4.90 Å². The van der Waals surface area contributed by atoms with Gasteiger partial charge >= 0.3 is 5.97 Å². The summed E-state index contributed by atoms with van der Waals surface area (Å²) in [6.45, 7) is 0. The van der Waals surface area contributed by atoms with Crippen LogP contribution in [0, 0.1) is 0 Å². The summed E-state index contributed by atoms with van der Waals surface area (Å²) >= 11 is 0. The van der Waals surface area contributed by atoms with Crippen LogP contribution in [0.2, 0.25) is 0 Å². The number of hydrogen-bond donors (Lipinski definition) is 4. The minimum absolute atomic E-state index is 0.0397. The number of nitrogens with one attached hydrogen (secondary N) is 3. The lowest BCUT2D eigenvalue weighted by Gasteiger charge is -2.10. The number of H-pyrrole nitrogens is 2. The second-order valence-electron chi connectivity index (χ2n) is 6.25. The van der Waals surface area contributed by atoms with Gasteiger partial charge in [-0.3, -0.25) is 9.52 Å². The molecule has 2 aromatic heterocycles. The highest BCUT2D eigenvalue weighted by atomic mass is 32.2. The molecular formula is C19H15N3O6S. The Morgan fingerprint density at radius 2 is 1.86 bits per heavy atom. The summed E-state index contributed by atoms with van der Waals surface area (Å²) in [5.74, 6) is -0.679. The molecule has 2 aromatic carbocycles. The highest BCUT2D eigenvalue weighted by Crippen LogP contribution is 2.28. The van der Waals surface area contributed by atoms with Crippen LogP contribution in [0.25, 0.3) is 21.8 Å². The van der Waals surface area contributed by atoms with Gasteiger partial charge in [0.15, 0.2) is 0 Å². The number of carboxylic acid groups (broad SMARTS) is 1. The molecule has 148 valence electrons. The third-order valence-electron chi connectivity index (χ3n) is 4.50. The Hall–Kier alpha value is -3.79. The van der Waals surface area contributed by atoms with Crippen molar-refractivity contribution in [2.75, 3.05) is 11.8 Å². The lowest BCUT2D eigenvalue weighted by atomic mass is 10.1. The van der Waals surface area contributed by atoms with Crippen LogP contribution in [-0.2, 0) is 10.0 Å². The van der Waals surface area contributed by atoms with Crippen LogP contribution >= 0.6 is 0 Å². The molecule has 4 rings (SSSR count). The van der Waals surface area contributed by atoms with Crippen molar-refractivity contribution in [1.29, 1.82) is 0 Å². The molecule has 0 aliphatic heterocycles. The van der Waals surface area contributed by atoms with Crippen molar-refractivity contribution >= 4 is 43.5 Å². The van der Waals surface area contributed by atoms with E-state index in [-0.39, 0.29) is 27.0 Å². The maximum absolute atomic E-state index is 12.7. The Kier molecular flexibility index (Phi) is 4.27. The molecule has 0 bridgehead atoms. The van der Waals surface area contributed by atoms with Gasteiger partial charge in [-0.15, -0.1) is 0 Å². The number of hydrogen-bond acceptors (Lipinski definition) is 5. The van der Waals surface area contributed by atoms with Gasteiger partial charge in [0, 0.05) is 28.2 Å². The average Bonchev–Trinajstić information content (AvgIpc) is 3.15. The molecule has 0 aliphatic carbocycles. The van der Waals surface area contributed by atoms with Crippen molar-refractivity contribution in [3.05, 3.63) is 64.6 Å². The van der Waals surface area contributed by atoms with Crippen molar-refractivity contribution in [3.8, 4) is 5.75 Å². The molecule has 0 unspecified atom stereocenters. The molecule has 0 amide bonds. The number of rotatable bonds is 5. The topological polar surface area (TPSA) is 141 Å². The number of carboxylic acids is 1. The number of carbonyl (C=O) groups is 1. The number of sulfonamides is 1. The zero-order chi connectivity index (χ0) is 20.8. The van der Waals surface area contributed by atoms with Gasteiger partial charge in [-0.1, -0.05) is 0 Å². The summed E-state index contributed by atoms with van der Waals surface area (Å²) in [4.78, 5) is 29.1. The lowest BCUT2D eigenvalue weighted by Crippen LogP contribution is -2.13. The zero-order valence-corrected chi connectivity index (χ0v) is 15.8. The number of aromatic carboxylic acids is 1. The van der Waals surface area contributed by atoms with E-state index in [1.807, 2.05) is 0 Å². The minimum atomic E-state index is -3.88. The van der Waals surface area contributed by atoms with Crippen LogP contribution < -0.4 is 15.0 Å². The van der Waals surface area contributed by atoms with Gasteiger partial charge in [0.25, 0.3) is 15.6 Å².